The highest BCUT2D eigenvalue weighted by molar-refractivity contribution is 6.94. The van der Waals surface area contributed by atoms with Crippen molar-refractivity contribution in [3.8, 4) is 23.0 Å². The van der Waals surface area contributed by atoms with E-state index in [4.69, 9.17) is 44.9 Å². The Morgan fingerprint density at radius 1 is 0.409 bits per heavy atom. The van der Waals surface area contributed by atoms with E-state index in [-0.39, 0.29) is 46.1 Å². The molecule has 0 aromatic heterocycles. The van der Waals surface area contributed by atoms with Crippen LogP contribution in [0.5, 0.6) is 23.0 Å². The van der Waals surface area contributed by atoms with Gasteiger partial charge in [-0.15, -0.1) is 0 Å². The molecule has 0 bridgehead atoms. The van der Waals surface area contributed by atoms with Crippen LogP contribution in [-0.4, -0.2) is 84.5 Å². The van der Waals surface area contributed by atoms with Crippen molar-refractivity contribution in [2.45, 2.75) is 337 Å². The minimum absolute atomic E-state index is 0.118. The number of hydrogen-bond acceptors (Lipinski definition) is 14. The minimum Gasteiger partial charge on any atom is -0.497 e. The van der Waals surface area contributed by atoms with E-state index in [1.54, 1.807) is 62.8 Å². The quantitative estimate of drug-likeness (QED) is 0.0120. The van der Waals surface area contributed by atoms with Crippen LogP contribution in [-0.2, 0) is 38.8 Å². The summed E-state index contributed by atoms with van der Waals surface area (Å²) in [5.41, 5.74) is 9.27. The van der Waals surface area contributed by atoms with E-state index in [1.807, 2.05) is 72.8 Å². The molecular formula is C114H160O14Si4. The molecule has 14 nitrogen and oxygen atoms in total. The molecule has 7 fully saturated rings. The lowest BCUT2D eigenvalue weighted by molar-refractivity contribution is -0.0594. The number of allylic oxidation sites excluding steroid dienone is 2. The molecule has 8 aliphatic carbocycles. The van der Waals surface area contributed by atoms with Crippen molar-refractivity contribution in [3.63, 3.8) is 0 Å². The van der Waals surface area contributed by atoms with Crippen molar-refractivity contribution in [1.82, 2.24) is 0 Å². The standard InChI is InChI=1S/C114H160O14Si4/c1-19-105(83-41-45-85(46-42-83)107(115)123-93-65-69-111(9)87(75-93)49-59-97-101-63-61-99(79(7)33-29-31-77(3)4)113(101,11)71-67-103(97)111)132(106(20-2)84-43-47-86(48-44-84)108(116)124-94-66-70-112(10)88(76-94)50-60-98-102-64-62-100(80(8)34-30-32-78(5)6)114(102,12)72-68-104(98)112)127-130(17,18)125-129(15,16)126-131(128-132,73-27-25-37-81-35-21-23-39-95(81)109(117)121-91-55-51-89(119-13)52-56-91)74-28-26-38-82-36-22-24-40-96(82)110(118)122-92-57-53-90(120-14)54-58-92/h21-24,35-36,39-58,77-80,93-94,97-106H,19-20,25-34,37-38,59-76H2,1-18H3/t79-,80-,93+,94+,97+,98+,99-,100-,101+,102+,103+,104+,105?,106?,111+,112+,113-,114-,132?/m1/s1. The van der Waals surface area contributed by atoms with Crippen LogP contribution in [0, 0.1) is 92.7 Å². The third kappa shape index (κ3) is 21.6. The van der Waals surface area contributed by atoms with Crippen LogP contribution in [0.15, 0.2) is 169 Å². The van der Waals surface area contributed by atoms with Gasteiger partial charge >= 0.3 is 58.1 Å². The number of hydrogen-bond donors (Lipinski definition) is 0. The molecule has 0 radical (unpaired) electrons. The third-order valence-corrected chi connectivity index (χ3v) is 54.2. The number of ether oxygens (including phenoxy) is 6. The van der Waals surface area contributed by atoms with Crippen molar-refractivity contribution in [1.29, 1.82) is 0 Å². The first-order valence-corrected chi connectivity index (χ1v) is 61.7. The van der Waals surface area contributed by atoms with Gasteiger partial charge in [0.05, 0.1) is 36.5 Å². The van der Waals surface area contributed by atoms with E-state index >= 15 is 9.59 Å². The van der Waals surface area contributed by atoms with E-state index in [9.17, 15) is 9.59 Å². The second kappa shape index (κ2) is 42.1. The van der Waals surface area contributed by atoms with Gasteiger partial charge in [-0.2, -0.15) is 0 Å². The molecule has 6 aromatic rings. The summed E-state index contributed by atoms with van der Waals surface area (Å²) in [5, 5.41) is 0. The second-order valence-corrected chi connectivity index (χ2v) is 59.5. The molecule has 1 saturated heterocycles. The van der Waals surface area contributed by atoms with E-state index in [1.165, 1.54) is 101 Å². The van der Waals surface area contributed by atoms with Gasteiger partial charge in [-0.1, -0.05) is 218 Å². The number of unbranched alkanes of at least 4 members (excludes halogenated alkanes) is 2. The van der Waals surface area contributed by atoms with E-state index in [2.05, 4.69) is 146 Å². The Morgan fingerprint density at radius 3 is 1.20 bits per heavy atom. The summed E-state index contributed by atoms with van der Waals surface area (Å²) >= 11 is 0. The second-order valence-electron chi connectivity index (χ2n) is 45.0. The number of aryl methyl sites for hydroxylation is 2. The zero-order chi connectivity index (χ0) is 93.7. The summed E-state index contributed by atoms with van der Waals surface area (Å²) in [5.74, 6) is 9.77. The lowest BCUT2D eigenvalue weighted by atomic mass is 9.47. The molecule has 9 aliphatic rings. The number of rotatable bonds is 36. The zero-order valence-corrected chi connectivity index (χ0v) is 87.6. The Morgan fingerprint density at radius 2 is 0.803 bits per heavy atom. The Balaban J connectivity index is 0.726. The molecule has 0 amide bonds. The van der Waals surface area contributed by atoms with Crippen molar-refractivity contribution in [3.05, 3.63) is 213 Å². The predicted octanol–water partition coefficient (Wildman–Crippen LogP) is 29.5. The Labute approximate surface area is 797 Å². The summed E-state index contributed by atoms with van der Waals surface area (Å²) in [6.07, 6.45) is 36.5. The normalized spacial score (nSPS) is 30.0. The van der Waals surface area contributed by atoms with Crippen LogP contribution in [0.3, 0.4) is 0 Å². The first-order valence-electron chi connectivity index (χ1n) is 51.9. The maximum Gasteiger partial charge on any atom is 0.343 e. The van der Waals surface area contributed by atoms with Crippen LogP contribution >= 0.6 is 0 Å². The molecule has 15 rings (SSSR count). The number of fused-ring (bicyclic) bond motifs is 10. The lowest BCUT2D eigenvalue weighted by Crippen LogP contribution is -2.71. The maximum absolute atomic E-state index is 15.0. The molecule has 6 saturated carbocycles. The van der Waals surface area contributed by atoms with Gasteiger partial charge in [-0.3, -0.25) is 0 Å². The highest BCUT2D eigenvalue weighted by atomic mass is 28.5. The lowest BCUT2D eigenvalue weighted by Gasteiger charge is -2.58. The highest BCUT2D eigenvalue weighted by Crippen LogP contribution is 2.70. The van der Waals surface area contributed by atoms with Gasteiger partial charge in [0.1, 0.15) is 35.2 Å². The molecule has 716 valence electrons. The molecular weight excluding hydrogens is 1710 g/mol. The van der Waals surface area contributed by atoms with Gasteiger partial charge in [-0.05, 0) is 367 Å². The molecule has 18 atom stereocenters. The van der Waals surface area contributed by atoms with Gasteiger partial charge in [0.15, 0.2) is 0 Å². The van der Waals surface area contributed by atoms with Crippen LogP contribution in [0.2, 0.25) is 38.3 Å². The molecule has 18 heteroatoms. The maximum atomic E-state index is 15.0. The zero-order valence-electron chi connectivity index (χ0n) is 83.6. The molecule has 0 N–H and O–H groups in total. The SMILES string of the molecule is CCC(c1ccc(C(=O)O[C@H]2CC[C@@]3(C)C(=CC[C@H]4[C@@H]5CC[C@H]([C@H](C)CCCC(C)C)[C@@]5(C)CC[C@@H]43)C2)cc1)[Si]1(C(CC)c2ccc(C(=O)O[C@H]3CC[C@@]4(C)C(=CC[C@H]5[C@@H]6CC[C@H]([C@H](C)CCCC(C)C)[C@@]6(C)CC[C@@H]54)C3)cc2)O[Si](C)(C)O[Si](C)(C)O[Si](CCCCc2ccccc2C(=O)Oc2ccc(OC)cc2)(CCCCc2ccccc2C(=O)Oc2ccc(OC)cc2)O1. The fraction of sp³-hybridized carbons (Fsp3) is 0.614. The van der Waals surface area contributed by atoms with Gasteiger partial charge in [0, 0.05) is 23.9 Å². The molecule has 2 unspecified atom stereocenters. The van der Waals surface area contributed by atoms with Gasteiger partial charge in [-0.25, -0.2) is 19.2 Å². The summed E-state index contributed by atoms with van der Waals surface area (Å²) in [6, 6.07) is 47.3. The van der Waals surface area contributed by atoms with Crippen molar-refractivity contribution in [2.24, 2.45) is 92.7 Å². The number of methoxy groups -OCH3 is 2. The number of carbonyl (C=O) groups excluding carboxylic acids is 4. The Kier molecular flexibility index (Phi) is 31.7. The topological polar surface area (TPSA) is 161 Å². The first kappa shape index (κ1) is 99.5. The monoisotopic (exact) mass is 1870 g/mol. The molecule has 6 aromatic carbocycles. The summed E-state index contributed by atoms with van der Waals surface area (Å²) in [6.45, 7) is 38.3. The van der Waals surface area contributed by atoms with E-state index < -0.39 is 46.2 Å². The molecule has 132 heavy (non-hydrogen) atoms. The van der Waals surface area contributed by atoms with Gasteiger partial charge in [0.2, 0.25) is 0 Å². The smallest absolute Gasteiger partial charge is 0.343 e. The fourth-order valence-corrected chi connectivity index (χ4v) is 53.3. The largest absolute Gasteiger partial charge is 0.497 e. The van der Waals surface area contributed by atoms with E-state index in [0.29, 0.717) is 131 Å². The van der Waals surface area contributed by atoms with Crippen molar-refractivity contribution in [2.75, 3.05) is 14.2 Å². The summed E-state index contributed by atoms with van der Waals surface area (Å²) in [7, 11) is -10.9. The number of carbonyl (C=O) groups is 4. The number of benzene rings is 6. The van der Waals surface area contributed by atoms with Crippen LogP contribution in [0.25, 0.3) is 0 Å². The minimum atomic E-state index is -4.00. The molecule has 0 spiro atoms. The van der Waals surface area contributed by atoms with Crippen LogP contribution in [0.1, 0.15) is 338 Å². The van der Waals surface area contributed by atoms with Crippen molar-refractivity contribution >= 4 is 58.1 Å². The van der Waals surface area contributed by atoms with Crippen LogP contribution < -0.4 is 18.9 Å². The fourth-order valence-electron chi connectivity index (χ4n) is 28.7. The van der Waals surface area contributed by atoms with E-state index in [0.717, 1.165) is 133 Å². The summed E-state index contributed by atoms with van der Waals surface area (Å²) in [4.78, 5) is 58.5. The van der Waals surface area contributed by atoms with Crippen molar-refractivity contribution < 1.29 is 64.1 Å². The predicted molar refractivity (Wildman–Crippen MR) is 539 cm³/mol. The Hall–Kier alpha value is -7.01. The Bertz CT molecular complexity index is 4700. The van der Waals surface area contributed by atoms with Gasteiger partial charge in [0.25, 0.3) is 0 Å². The van der Waals surface area contributed by atoms with Crippen LogP contribution in [0.4, 0.5) is 0 Å². The average Bonchev–Trinajstić information content (AvgIpc) is 1.50. The third-order valence-electron chi connectivity index (χ3n) is 35.1. The molecule has 1 aliphatic heterocycles. The highest BCUT2D eigenvalue weighted by Gasteiger charge is 2.65. The summed E-state index contributed by atoms with van der Waals surface area (Å²) < 4.78 is 69.3. The first-order chi connectivity index (χ1) is 63.2. The average molecular weight is 1870 g/mol. The number of esters is 4. The molecule has 1 heterocycles. The van der Waals surface area contributed by atoms with Gasteiger partial charge < -0.3 is 44.9 Å².